The predicted molar refractivity (Wildman–Crippen MR) is 122 cm³/mol. The van der Waals surface area contributed by atoms with Crippen LogP contribution in [0.5, 0.6) is 0 Å². The first-order valence-corrected chi connectivity index (χ1v) is 11.5. The summed E-state index contributed by atoms with van der Waals surface area (Å²) in [6.07, 6.45) is -3.10. The summed E-state index contributed by atoms with van der Waals surface area (Å²) in [4.78, 5) is 17.5. The molecule has 1 aromatic carbocycles. The molecule has 13 nitrogen and oxygen atoms in total. The van der Waals surface area contributed by atoms with E-state index in [0.717, 1.165) is 5.56 Å². The average molecular weight is 502 g/mol. The minimum atomic E-state index is -1.41. The van der Waals surface area contributed by atoms with Crippen molar-refractivity contribution in [3.63, 3.8) is 0 Å². The van der Waals surface area contributed by atoms with Crippen molar-refractivity contribution in [1.82, 2.24) is 39.7 Å². The average Bonchev–Trinajstić information content (AvgIpc) is 3.60. The number of H-pyrrole nitrogens is 1. The van der Waals surface area contributed by atoms with Gasteiger partial charge in [0, 0.05) is 0 Å². The van der Waals surface area contributed by atoms with Gasteiger partial charge in [0.05, 0.1) is 25.5 Å². The maximum atomic E-state index is 10.9. The smallest absolute Gasteiger partial charge is 0.208 e. The number of aromatic amines is 1. The summed E-state index contributed by atoms with van der Waals surface area (Å²) in [7, 11) is 0. The first-order valence-electron chi connectivity index (χ1n) is 11.1. The number of hydrogen-bond acceptors (Lipinski definition) is 10. The number of nitrogens with zero attached hydrogens (tertiary/aromatic N) is 8. The van der Waals surface area contributed by atoms with Crippen LogP contribution in [0.2, 0.25) is 5.28 Å². The molecule has 35 heavy (non-hydrogen) atoms. The van der Waals surface area contributed by atoms with Crippen LogP contribution >= 0.6 is 11.6 Å². The molecule has 4 N–H and O–H groups in total. The number of nitrogens with one attached hydrogen (secondary N) is 1. The fourth-order valence-electron chi connectivity index (χ4n) is 4.04. The van der Waals surface area contributed by atoms with Gasteiger partial charge in [0.25, 0.3) is 0 Å². The van der Waals surface area contributed by atoms with Gasteiger partial charge in [0.2, 0.25) is 11.1 Å². The van der Waals surface area contributed by atoms with Crippen molar-refractivity contribution < 1.29 is 20.1 Å². The number of aromatic nitrogens is 8. The van der Waals surface area contributed by atoms with Crippen molar-refractivity contribution in [2.75, 3.05) is 6.61 Å². The van der Waals surface area contributed by atoms with E-state index in [-0.39, 0.29) is 23.2 Å². The van der Waals surface area contributed by atoms with E-state index in [1.165, 1.54) is 15.7 Å². The lowest BCUT2D eigenvalue weighted by Gasteiger charge is -2.21. The largest absolute Gasteiger partial charge is 0.394 e. The van der Waals surface area contributed by atoms with E-state index >= 15 is 0 Å². The number of halogens is 1. The lowest BCUT2D eigenvalue weighted by Crippen LogP contribution is -2.37. The van der Waals surface area contributed by atoms with Gasteiger partial charge in [-0.25, -0.2) is 4.98 Å². The second-order valence-corrected chi connectivity index (χ2v) is 8.43. The standard InChI is InChI=1S/C21H24ClN9O4/c1-2-30-28-18(27-29-30)16-14(33)15(34)20(35-16)31-19(13-17(24-10-23-13)26-21(31)22)25-12(9-32)8-11-6-4-3-5-7-11/h3-7,10,12,14-16,20,32-34H,2,8-9H2,1H3,(H,23,24)/t12-,14-,15+,16-,20+/m0/s1. The molecule has 0 radical (unpaired) electrons. The highest BCUT2D eigenvalue weighted by Crippen LogP contribution is 2.37. The van der Waals surface area contributed by atoms with Crippen LogP contribution in [0.4, 0.5) is 0 Å². The van der Waals surface area contributed by atoms with Gasteiger partial charge in [-0.15, -0.1) is 10.2 Å². The lowest BCUT2D eigenvalue weighted by atomic mass is 10.1. The molecule has 0 unspecified atom stereocenters. The first kappa shape index (κ1) is 23.5. The zero-order valence-electron chi connectivity index (χ0n) is 18.7. The normalized spacial score (nSPS) is 23.9. The molecule has 0 aliphatic carbocycles. The van der Waals surface area contributed by atoms with Gasteiger partial charge in [0.15, 0.2) is 23.5 Å². The minimum absolute atomic E-state index is 0.0678. The van der Waals surface area contributed by atoms with Gasteiger partial charge < -0.3 is 25.0 Å². The third-order valence-corrected chi connectivity index (χ3v) is 6.06. The summed E-state index contributed by atoms with van der Waals surface area (Å²) in [5.74, 6) is 0.129. The second kappa shape index (κ2) is 9.79. The molecule has 1 saturated heterocycles. The van der Waals surface area contributed by atoms with Gasteiger partial charge in [0.1, 0.15) is 17.7 Å². The molecular formula is C21H24ClN9O4. The second-order valence-electron chi connectivity index (χ2n) is 8.10. The van der Waals surface area contributed by atoms with Crippen molar-refractivity contribution in [3.05, 3.63) is 58.8 Å². The molecule has 1 fully saturated rings. The van der Waals surface area contributed by atoms with E-state index in [2.05, 4.69) is 30.4 Å². The van der Waals surface area contributed by atoms with E-state index in [1.807, 2.05) is 37.3 Å². The molecular weight excluding hydrogens is 478 g/mol. The molecule has 0 saturated carbocycles. The predicted octanol–water partition coefficient (Wildman–Crippen LogP) is -0.0846. The SMILES string of the molecule is CCn1nnc([C@H]2O[C@@H](n3c(Cl)nc4nc[nH]c4c3=N[C@H](CO)Cc3ccccc3)[C@H](O)[C@@H]2O)n1. The summed E-state index contributed by atoms with van der Waals surface area (Å²) in [5, 5.41) is 43.7. The summed E-state index contributed by atoms with van der Waals surface area (Å²) in [5.41, 5.74) is 1.98. The van der Waals surface area contributed by atoms with E-state index in [9.17, 15) is 15.3 Å². The van der Waals surface area contributed by atoms with Gasteiger partial charge in [-0.1, -0.05) is 30.3 Å². The molecule has 184 valence electrons. The lowest BCUT2D eigenvalue weighted by molar-refractivity contribution is -0.0431. The number of ether oxygens (including phenoxy) is 1. The molecule has 5 rings (SSSR count). The Hall–Kier alpha value is -3.23. The number of aryl methyl sites for hydroxylation is 1. The van der Waals surface area contributed by atoms with Crippen molar-refractivity contribution >= 4 is 22.8 Å². The Bertz CT molecular complexity index is 1370. The number of tetrazole rings is 1. The Balaban J connectivity index is 1.59. The van der Waals surface area contributed by atoms with Crippen LogP contribution in [0, 0.1) is 0 Å². The van der Waals surface area contributed by atoms with Gasteiger partial charge in [-0.05, 0) is 35.7 Å². The van der Waals surface area contributed by atoms with Gasteiger partial charge in [-0.3, -0.25) is 9.56 Å². The highest BCUT2D eigenvalue weighted by Gasteiger charge is 2.47. The number of aliphatic hydroxyl groups is 3. The Morgan fingerprint density at radius 1 is 1.23 bits per heavy atom. The summed E-state index contributed by atoms with van der Waals surface area (Å²) in [6.45, 7) is 2.08. The number of benzene rings is 1. The van der Waals surface area contributed by atoms with Crippen LogP contribution < -0.4 is 5.49 Å². The van der Waals surface area contributed by atoms with E-state index in [1.54, 1.807) is 0 Å². The fourth-order valence-corrected chi connectivity index (χ4v) is 4.29. The van der Waals surface area contributed by atoms with E-state index in [4.69, 9.17) is 21.3 Å². The van der Waals surface area contributed by atoms with Crippen molar-refractivity contribution in [2.45, 2.75) is 50.5 Å². The maximum Gasteiger partial charge on any atom is 0.208 e. The third kappa shape index (κ3) is 4.44. The van der Waals surface area contributed by atoms with Crippen molar-refractivity contribution in [2.24, 2.45) is 4.99 Å². The monoisotopic (exact) mass is 501 g/mol. The van der Waals surface area contributed by atoms with Crippen LogP contribution in [0.1, 0.15) is 30.6 Å². The number of hydrogen-bond donors (Lipinski definition) is 4. The number of imidazole rings is 1. The number of fused-ring (bicyclic) bond motifs is 1. The molecule has 0 bridgehead atoms. The summed E-state index contributed by atoms with van der Waals surface area (Å²) >= 11 is 6.52. The van der Waals surface area contributed by atoms with Gasteiger partial charge >= 0.3 is 0 Å². The van der Waals surface area contributed by atoms with Crippen LogP contribution in [0.15, 0.2) is 41.7 Å². The Morgan fingerprint density at radius 2 is 2.03 bits per heavy atom. The zero-order valence-corrected chi connectivity index (χ0v) is 19.4. The molecule has 14 heteroatoms. The fraction of sp³-hybridized carbons (Fsp3) is 0.429. The van der Waals surface area contributed by atoms with Crippen molar-refractivity contribution in [3.8, 4) is 0 Å². The van der Waals surface area contributed by atoms with Crippen LogP contribution in [-0.4, -0.2) is 79.9 Å². The van der Waals surface area contributed by atoms with Crippen LogP contribution in [-0.2, 0) is 17.7 Å². The van der Waals surface area contributed by atoms with Crippen LogP contribution in [0.25, 0.3) is 11.2 Å². The van der Waals surface area contributed by atoms with E-state index in [0.29, 0.717) is 24.1 Å². The van der Waals surface area contributed by atoms with E-state index < -0.39 is 30.6 Å². The molecule has 3 aromatic heterocycles. The zero-order chi connectivity index (χ0) is 24.5. The number of rotatable bonds is 7. The first-order chi connectivity index (χ1) is 17.0. The number of aliphatic hydroxyl groups excluding tert-OH is 3. The minimum Gasteiger partial charge on any atom is -0.394 e. The van der Waals surface area contributed by atoms with Gasteiger partial charge in [-0.2, -0.15) is 9.78 Å². The molecule has 1 aliphatic heterocycles. The highest BCUT2D eigenvalue weighted by atomic mass is 35.5. The molecule has 0 spiro atoms. The topological polar surface area (TPSA) is 172 Å². The Kier molecular flexibility index (Phi) is 6.58. The molecule has 0 amide bonds. The molecule has 5 atom stereocenters. The maximum absolute atomic E-state index is 10.9. The van der Waals surface area contributed by atoms with Crippen LogP contribution in [0.3, 0.4) is 0 Å². The Labute approximate surface area is 203 Å². The molecule has 4 heterocycles. The third-order valence-electron chi connectivity index (χ3n) is 5.80. The quantitative estimate of drug-likeness (QED) is 0.252. The van der Waals surface area contributed by atoms with Crippen molar-refractivity contribution in [1.29, 1.82) is 0 Å². The molecule has 1 aliphatic rings. The molecule has 4 aromatic rings. The summed E-state index contributed by atoms with van der Waals surface area (Å²) in [6, 6.07) is 9.07. The Morgan fingerprint density at radius 3 is 2.74 bits per heavy atom. The highest BCUT2D eigenvalue weighted by molar-refractivity contribution is 6.28. The summed E-state index contributed by atoms with van der Waals surface area (Å²) < 4.78 is 7.37.